The third kappa shape index (κ3) is 3.88. The summed E-state index contributed by atoms with van der Waals surface area (Å²) in [7, 11) is 0. The van der Waals surface area contributed by atoms with Gasteiger partial charge >= 0.3 is 0 Å². The van der Waals surface area contributed by atoms with E-state index in [-0.39, 0.29) is 18.2 Å². The van der Waals surface area contributed by atoms with Gasteiger partial charge in [-0.25, -0.2) is 0 Å². The van der Waals surface area contributed by atoms with Crippen LogP contribution >= 0.6 is 0 Å². The van der Waals surface area contributed by atoms with Gasteiger partial charge in [0.2, 0.25) is 0 Å². The van der Waals surface area contributed by atoms with E-state index >= 15 is 0 Å². The minimum absolute atomic E-state index is 0.125. The lowest BCUT2D eigenvalue weighted by molar-refractivity contribution is -0.196. The molecule has 0 aromatic carbocycles. The van der Waals surface area contributed by atoms with Gasteiger partial charge in [-0.15, -0.1) is 0 Å². The summed E-state index contributed by atoms with van der Waals surface area (Å²) < 4.78 is 16.3. The Morgan fingerprint density at radius 1 is 1.56 bits per heavy atom. The summed E-state index contributed by atoms with van der Waals surface area (Å²) in [5, 5.41) is 9.30. The van der Waals surface area contributed by atoms with E-state index in [1.807, 2.05) is 6.92 Å². The largest absolute Gasteiger partial charge is 0.365 e. The van der Waals surface area contributed by atoms with Crippen molar-refractivity contribution in [2.24, 2.45) is 0 Å². The number of aliphatic hydroxyl groups excluding tert-OH is 1. The first-order valence-corrected chi connectivity index (χ1v) is 6.48. The first-order valence-electron chi connectivity index (χ1n) is 6.48. The highest BCUT2D eigenvalue weighted by molar-refractivity contribution is 5.94. The Labute approximate surface area is 107 Å². The van der Waals surface area contributed by atoms with E-state index in [0.717, 1.165) is 25.9 Å². The van der Waals surface area contributed by atoms with E-state index in [1.165, 1.54) is 12.2 Å². The second-order valence-corrected chi connectivity index (χ2v) is 4.76. The van der Waals surface area contributed by atoms with E-state index in [2.05, 4.69) is 0 Å². The van der Waals surface area contributed by atoms with Crippen LogP contribution in [-0.4, -0.2) is 42.3 Å². The number of rotatable bonds is 4. The number of ketones is 1. The standard InChI is InChI=1S/C13H20O5/c1-9(17-13-4-2-3-7-16-13)8-11-10(14)5-6-12(15)18-11/h5-6,9,11-13,15H,2-4,7-8H2,1H3/t9-,11+,12?,13?/m1/s1. The molecule has 1 fully saturated rings. The number of hydrogen-bond donors (Lipinski definition) is 1. The molecule has 0 aromatic rings. The number of ether oxygens (including phenoxy) is 3. The Morgan fingerprint density at radius 2 is 2.39 bits per heavy atom. The Bertz CT molecular complexity index is 309. The molecule has 2 unspecified atom stereocenters. The number of aliphatic hydroxyl groups is 1. The lowest BCUT2D eigenvalue weighted by atomic mass is 10.1. The van der Waals surface area contributed by atoms with Crippen molar-refractivity contribution in [3.8, 4) is 0 Å². The fraction of sp³-hybridized carbons (Fsp3) is 0.769. The quantitative estimate of drug-likeness (QED) is 0.817. The van der Waals surface area contributed by atoms with Gasteiger partial charge in [-0.2, -0.15) is 0 Å². The fourth-order valence-electron chi connectivity index (χ4n) is 2.17. The van der Waals surface area contributed by atoms with Gasteiger partial charge in [0.25, 0.3) is 0 Å². The predicted molar refractivity (Wildman–Crippen MR) is 63.8 cm³/mol. The topological polar surface area (TPSA) is 65.0 Å². The van der Waals surface area contributed by atoms with E-state index in [9.17, 15) is 9.90 Å². The number of hydrogen-bond acceptors (Lipinski definition) is 5. The minimum atomic E-state index is -0.995. The van der Waals surface area contributed by atoms with Gasteiger partial charge < -0.3 is 19.3 Å². The third-order valence-electron chi connectivity index (χ3n) is 3.11. The van der Waals surface area contributed by atoms with Crippen molar-refractivity contribution in [3.63, 3.8) is 0 Å². The number of carbonyl (C=O) groups excluding carboxylic acids is 1. The maximum atomic E-state index is 11.6. The number of carbonyl (C=O) groups is 1. The van der Waals surface area contributed by atoms with Gasteiger partial charge in [0.1, 0.15) is 6.10 Å². The second-order valence-electron chi connectivity index (χ2n) is 4.76. The maximum Gasteiger partial charge on any atom is 0.184 e. The Morgan fingerprint density at radius 3 is 3.11 bits per heavy atom. The van der Waals surface area contributed by atoms with E-state index in [0.29, 0.717) is 6.42 Å². The highest BCUT2D eigenvalue weighted by atomic mass is 16.7. The summed E-state index contributed by atoms with van der Waals surface area (Å²) in [6.45, 7) is 2.62. The van der Waals surface area contributed by atoms with E-state index in [4.69, 9.17) is 14.2 Å². The van der Waals surface area contributed by atoms with Crippen LogP contribution in [0.15, 0.2) is 12.2 Å². The molecular weight excluding hydrogens is 236 g/mol. The lowest BCUT2D eigenvalue weighted by Crippen LogP contribution is -2.36. The zero-order valence-electron chi connectivity index (χ0n) is 10.6. The molecule has 0 spiro atoms. The summed E-state index contributed by atoms with van der Waals surface area (Å²) in [6.07, 6.45) is 4.29. The van der Waals surface area contributed by atoms with Crippen molar-refractivity contribution in [2.45, 2.75) is 57.4 Å². The van der Waals surface area contributed by atoms with Crippen LogP contribution in [0.2, 0.25) is 0 Å². The van der Waals surface area contributed by atoms with Gasteiger partial charge in [-0.3, -0.25) is 4.79 Å². The summed E-state index contributed by atoms with van der Waals surface area (Å²) in [5.74, 6) is -0.125. The third-order valence-corrected chi connectivity index (χ3v) is 3.11. The molecule has 2 aliphatic heterocycles. The molecule has 5 nitrogen and oxygen atoms in total. The summed E-state index contributed by atoms with van der Waals surface area (Å²) >= 11 is 0. The van der Waals surface area contributed by atoms with E-state index in [1.54, 1.807) is 0 Å². The van der Waals surface area contributed by atoms with Crippen molar-refractivity contribution in [3.05, 3.63) is 12.2 Å². The molecule has 0 radical (unpaired) electrons. The molecule has 2 rings (SSSR count). The molecule has 0 aliphatic carbocycles. The zero-order valence-corrected chi connectivity index (χ0v) is 10.6. The summed E-state index contributed by atoms with van der Waals surface area (Å²) in [6, 6.07) is 0. The van der Waals surface area contributed by atoms with Gasteiger partial charge in [-0.1, -0.05) is 0 Å². The molecule has 1 saturated heterocycles. The molecule has 2 aliphatic rings. The monoisotopic (exact) mass is 256 g/mol. The first-order chi connectivity index (χ1) is 8.65. The molecule has 102 valence electrons. The lowest BCUT2D eigenvalue weighted by Gasteiger charge is -2.28. The van der Waals surface area contributed by atoms with Gasteiger partial charge in [0.05, 0.1) is 6.10 Å². The molecule has 0 aromatic heterocycles. The van der Waals surface area contributed by atoms with Crippen LogP contribution in [0.5, 0.6) is 0 Å². The van der Waals surface area contributed by atoms with Crippen LogP contribution < -0.4 is 0 Å². The van der Waals surface area contributed by atoms with Crippen LogP contribution in [0.25, 0.3) is 0 Å². The minimum Gasteiger partial charge on any atom is -0.365 e. The molecule has 0 bridgehead atoms. The summed E-state index contributed by atoms with van der Waals surface area (Å²) in [4.78, 5) is 11.6. The smallest absolute Gasteiger partial charge is 0.184 e. The highest BCUT2D eigenvalue weighted by Crippen LogP contribution is 2.19. The van der Waals surface area contributed by atoms with Gasteiger partial charge in [0.15, 0.2) is 18.4 Å². The molecule has 18 heavy (non-hydrogen) atoms. The Hall–Kier alpha value is -0.750. The highest BCUT2D eigenvalue weighted by Gasteiger charge is 2.27. The fourth-order valence-corrected chi connectivity index (χ4v) is 2.17. The summed E-state index contributed by atoms with van der Waals surface area (Å²) in [5.41, 5.74) is 0. The van der Waals surface area contributed by atoms with Crippen LogP contribution in [0, 0.1) is 0 Å². The molecule has 4 atom stereocenters. The maximum absolute atomic E-state index is 11.6. The molecular formula is C13H20O5. The SMILES string of the molecule is C[C@H](C[C@@H]1OC(O)C=CC1=O)OC1CCCCO1. The normalized spacial score (nSPS) is 34.6. The molecule has 5 heteroatoms. The van der Waals surface area contributed by atoms with Gasteiger partial charge in [0, 0.05) is 13.0 Å². The molecule has 0 saturated carbocycles. The average molecular weight is 256 g/mol. The van der Waals surface area contributed by atoms with Crippen LogP contribution in [0.4, 0.5) is 0 Å². The van der Waals surface area contributed by atoms with Crippen molar-refractivity contribution in [1.82, 2.24) is 0 Å². The van der Waals surface area contributed by atoms with Gasteiger partial charge in [-0.05, 0) is 38.3 Å². The zero-order chi connectivity index (χ0) is 13.0. The second kappa shape index (κ2) is 6.43. The molecule has 0 amide bonds. The predicted octanol–water partition coefficient (Wildman–Crippen LogP) is 1.15. The Balaban J connectivity index is 1.77. The molecule has 2 heterocycles. The van der Waals surface area contributed by atoms with Crippen molar-refractivity contribution in [1.29, 1.82) is 0 Å². The van der Waals surface area contributed by atoms with Crippen LogP contribution in [0.1, 0.15) is 32.6 Å². The van der Waals surface area contributed by atoms with Crippen LogP contribution in [-0.2, 0) is 19.0 Å². The van der Waals surface area contributed by atoms with E-state index < -0.39 is 12.4 Å². The molecule has 1 N–H and O–H groups in total. The average Bonchev–Trinajstić information content (AvgIpc) is 2.35. The van der Waals surface area contributed by atoms with Crippen molar-refractivity contribution in [2.75, 3.05) is 6.61 Å². The van der Waals surface area contributed by atoms with Crippen molar-refractivity contribution < 1.29 is 24.1 Å². The van der Waals surface area contributed by atoms with Crippen LogP contribution in [0.3, 0.4) is 0 Å². The van der Waals surface area contributed by atoms with Crippen molar-refractivity contribution >= 4 is 5.78 Å². The first kappa shape index (κ1) is 13.7. The Kier molecular flexibility index (Phi) is 4.88.